The Balaban J connectivity index is 1.93. The Hall–Kier alpha value is -1.16. The zero-order chi connectivity index (χ0) is 14.9. The number of methoxy groups -OCH3 is 1. The predicted molar refractivity (Wildman–Crippen MR) is 86.8 cm³/mol. The highest BCUT2D eigenvalue weighted by Gasteiger charge is 2.46. The SMILES string of the molecule is COc1ccc(C2(C(=O)N3CSC[C@@H]3C)CCCC2)cc1. The fourth-order valence-electron chi connectivity index (χ4n) is 3.59. The second-order valence-electron chi connectivity index (χ2n) is 6.14. The summed E-state index contributed by atoms with van der Waals surface area (Å²) >= 11 is 1.86. The molecule has 2 aliphatic rings. The monoisotopic (exact) mass is 305 g/mol. The van der Waals surface area contributed by atoms with Crippen molar-refractivity contribution in [3.8, 4) is 5.75 Å². The smallest absolute Gasteiger partial charge is 0.234 e. The van der Waals surface area contributed by atoms with Crippen LogP contribution >= 0.6 is 11.8 Å². The summed E-state index contributed by atoms with van der Waals surface area (Å²) in [4.78, 5) is 15.3. The van der Waals surface area contributed by atoms with Gasteiger partial charge in [-0.1, -0.05) is 25.0 Å². The highest BCUT2D eigenvalue weighted by Crippen LogP contribution is 2.44. The molecule has 0 aromatic heterocycles. The summed E-state index contributed by atoms with van der Waals surface area (Å²) in [5.41, 5.74) is 0.862. The quantitative estimate of drug-likeness (QED) is 0.857. The van der Waals surface area contributed by atoms with Crippen molar-refractivity contribution < 1.29 is 9.53 Å². The lowest BCUT2D eigenvalue weighted by Gasteiger charge is -2.34. The van der Waals surface area contributed by atoms with Crippen LogP contribution in [-0.2, 0) is 10.2 Å². The van der Waals surface area contributed by atoms with Gasteiger partial charge in [0.05, 0.1) is 18.4 Å². The summed E-state index contributed by atoms with van der Waals surface area (Å²) in [6, 6.07) is 8.47. The molecule has 1 heterocycles. The van der Waals surface area contributed by atoms with Crippen LogP contribution in [0.4, 0.5) is 0 Å². The number of amides is 1. The molecule has 114 valence electrons. The van der Waals surface area contributed by atoms with Gasteiger partial charge >= 0.3 is 0 Å². The lowest BCUT2D eigenvalue weighted by Crippen LogP contribution is -2.47. The van der Waals surface area contributed by atoms with Gasteiger partial charge in [-0.3, -0.25) is 4.79 Å². The second kappa shape index (κ2) is 5.91. The van der Waals surface area contributed by atoms with Crippen molar-refractivity contribution in [3.05, 3.63) is 29.8 Å². The Morgan fingerprint density at radius 1 is 1.29 bits per heavy atom. The number of carbonyl (C=O) groups excluding carboxylic acids is 1. The van der Waals surface area contributed by atoms with E-state index >= 15 is 0 Å². The number of hydrogen-bond acceptors (Lipinski definition) is 3. The maximum Gasteiger partial charge on any atom is 0.234 e. The first-order valence-corrected chi connectivity index (χ1v) is 8.86. The Labute approximate surface area is 131 Å². The fraction of sp³-hybridized carbons (Fsp3) is 0.588. The average molecular weight is 305 g/mol. The third kappa shape index (κ3) is 2.54. The lowest BCUT2D eigenvalue weighted by molar-refractivity contribution is -0.137. The Kier molecular flexibility index (Phi) is 4.16. The van der Waals surface area contributed by atoms with Crippen molar-refractivity contribution in [2.45, 2.75) is 44.1 Å². The van der Waals surface area contributed by atoms with Gasteiger partial charge in [0.15, 0.2) is 0 Å². The van der Waals surface area contributed by atoms with Gasteiger partial charge in [-0.05, 0) is 37.5 Å². The zero-order valence-electron chi connectivity index (χ0n) is 12.8. The summed E-state index contributed by atoms with van der Waals surface area (Å²) < 4.78 is 5.24. The molecule has 3 rings (SSSR count). The van der Waals surface area contributed by atoms with Crippen LogP contribution < -0.4 is 4.74 Å². The largest absolute Gasteiger partial charge is 0.497 e. The summed E-state index contributed by atoms with van der Waals surface area (Å²) in [5, 5.41) is 0. The maximum atomic E-state index is 13.2. The van der Waals surface area contributed by atoms with E-state index in [0.29, 0.717) is 11.9 Å². The van der Waals surface area contributed by atoms with Gasteiger partial charge < -0.3 is 9.64 Å². The van der Waals surface area contributed by atoms with E-state index in [-0.39, 0.29) is 5.41 Å². The van der Waals surface area contributed by atoms with Crippen LogP contribution in [0.15, 0.2) is 24.3 Å². The van der Waals surface area contributed by atoms with Crippen LogP contribution in [0.25, 0.3) is 0 Å². The van der Waals surface area contributed by atoms with E-state index < -0.39 is 0 Å². The minimum atomic E-state index is -0.300. The number of ether oxygens (including phenoxy) is 1. The van der Waals surface area contributed by atoms with E-state index in [0.717, 1.165) is 48.6 Å². The Morgan fingerprint density at radius 3 is 2.48 bits per heavy atom. The van der Waals surface area contributed by atoms with E-state index in [1.807, 2.05) is 23.9 Å². The molecule has 2 fully saturated rings. The minimum absolute atomic E-state index is 0.300. The number of nitrogens with zero attached hydrogens (tertiary/aromatic N) is 1. The zero-order valence-corrected chi connectivity index (χ0v) is 13.6. The van der Waals surface area contributed by atoms with Gasteiger partial charge in [-0.2, -0.15) is 0 Å². The van der Waals surface area contributed by atoms with Crippen LogP contribution in [0.5, 0.6) is 5.75 Å². The number of carbonyl (C=O) groups is 1. The molecule has 1 amide bonds. The number of benzene rings is 1. The van der Waals surface area contributed by atoms with Crippen LogP contribution in [0.3, 0.4) is 0 Å². The van der Waals surface area contributed by atoms with Crippen molar-refractivity contribution in [2.24, 2.45) is 0 Å². The molecule has 0 radical (unpaired) electrons. The molecule has 1 aliphatic carbocycles. The van der Waals surface area contributed by atoms with E-state index in [9.17, 15) is 4.79 Å². The van der Waals surface area contributed by atoms with Crippen LogP contribution in [-0.4, -0.2) is 35.6 Å². The lowest BCUT2D eigenvalue weighted by atomic mass is 9.77. The Bertz CT molecular complexity index is 508. The van der Waals surface area contributed by atoms with Crippen LogP contribution in [0.1, 0.15) is 38.2 Å². The first-order chi connectivity index (χ1) is 10.2. The molecule has 0 N–H and O–H groups in total. The molecular weight excluding hydrogens is 282 g/mol. The molecular formula is C17H23NO2S. The molecule has 4 heteroatoms. The second-order valence-corrected chi connectivity index (χ2v) is 7.14. The summed E-state index contributed by atoms with van der Waals surface area (Å²) in [5.74, 6) is 3.09. The molecule has 0 unspecified atom stereocenters. The van der Waals surface area contributed by atoms with E-state index in [1.54, 1.807) is 7.11 Å². The van der Waals surface area contributed by atoms with Crippen molar-refractivity contribution in [2.75, 3.05) is 18.7 Å². The van der Waals surface area contributed by atoms with E-state index in [2.05, 4.69) is 24.0 Å². The first-order valence-electron chi connectivity index (χ1n) is 7.71. The number of thioether (sulfide) groups is 1. The fourth-order valence-corrected chi connectivity index (χ4v) is 4.78. The molecule has 1 aromatic rings. The highest BCUT2D eigenvalue weighted by molar-refractivity contribution is 7.99. The van der Waals surface area contributed by atoms with Gasteiger partial charge in [-0.25, -0.2) is 0 Å². The molecule has 0 spiro atoms. The Morgan fingerprint density at radius 2 is 1.95 bits per heavy atom. The average Bonchev–Trinajstić information content (AvgIpc) is 3.16. The predicted octanol–water partition coefficient (Wildman–Crippen LogP) is 3.43. The van der Waals surface area contributed by atoms with Gasteiger partial charge in [0.1, 0.15) is 5.75 Å². The van der Waals surface area contributed by atoms with Gasteiger partial charge in [-0.15, -0.1) is 11.8 Å². The highest BCUT2D eigenvalue weighted by atomic mass is 32.2. The summed E-state index contributed by atoms with van der Waals surface area (Å²) in [7, 11) is 1.68. The molecule has 3 nitrogen and oxygen atoms in total. The van der Waals surface area contributed by atoms with Crippen molar-refractivity contribution >= 4 is 17.7 Å². The topological polar surface area (TPSA) is 29.5 Å². The van der Waals surface area contributed by atoms with Crippen LogP contribution in [0.2, 0.25) is 0 Å². The molecule has 1 atom stereocenters. The van der Waals surface area contributed by atoms with Crippen molar-refractivity contribution in [1.82, 2.24) is 4.90 Å². The van der Waals surface area contributed by atoms with Gasteiger partial charge in [0.2, 0.25) is 5.91 Å². The molecule has 1 saturated heterocycles. The first kappa shape index (κ1) is 14.8. The van der Waals surface area contributed by atoms with Gasteiger partial charge in [0, 0.05) is 11.8 Å². The summed E-state index contributed by atoms with van der Waals surface area (Å²) in [6.45, 7) is 2.16. The minimum Gasteiger partial charge on any atom is -0.497 e. The third-order valence-electron chi connectivity index (χ3n) is 4.89. The molecule has 1 saturated carbocycles. The summed E-state index contributed by atoms with van der Waals surface area (Å²) in [6.07, 6.45) is 4.25. The number of hydrogen-bond donors (Lipinski definition) is 0. The molecule has 1 aliphatic heterocycles. The van der Waals surface area contributed by atoms with Crippen molar-refractivity contribution in [1.29, 1.82) is 0 Å². The standard InChI is InChI=1S/C17H23NO2S/c1-13-11-21-12-18(13)16(19)17(9-3-4-10-17)14-5-7-15(20-2)8-6-14/h5-8,13H,3-4,9-12H2,1-2H3/t13-/m0/s1. The number of rotatable bonds is 3. The van der Waals surface area contributed by atoms with E-state index in [1.165, 1.54) is 0 Å². The third-order valence-corrected chi connectivity index (χ3v) is 6.07. The van der Waals surface area contributed by atoms with E-state index in [4.69, 9.17) is 4.74 Å². The molecule has 1 aromatic carbocycles. The molecule has 0 bridgehead atoms. The van der Waals surface area contributed by atoms with Crippen LogP contribution in [0, 0.1) is 0 Å². The molecule has 21 heavy (non-hydrogen) atoms. The normalized spacial score (nSPS) is 24.3. The van der Waals surface area contributed by atoms with Gasteiger partial charge in [0.25, 0.3) is 0 Å². The van der Waals surface area contributed by atoms with Crippen molar-refractivity contribution in [3.63, 3.8) is 0 Å². The maximum absolute atomic E-state index is 13.2.